The summed E-state index contributed by atoms with van der Waals surface area (Å²) in [5, 5.41) is 9.42. The summed E-state index contributed by atoms with van der Waals surface area (Å²) in [6.07, 6.45) is 7.92. The highest BCUT2D eigenvalue weighted by Crippen LogP contribution is 2.42. The van der Waals surface area contributed by atoms with Crippen LogP contribution in [0.25, 0.3) is 0 Å². The molecule has 1 N–H and O–H groups in total. The first-order chi connectivity index (χ1) is 8.02. The van der Waals surface area contributed by atoms with Crippen molar-refractivity contribution in [3.63, 3.8) is 0 Å². The molecule has 1 heterocycles. The first-order valence-electron chi connectivity index (χ1n) is 7.01. The largest absolute Gasteiger partial charge is 0.480 e. The molecule has 2 aliphatic rings. The van der Waals surface area contributed by atoms with Crippen molar-refractivity contribution in [3.05, 3.63) is 0 Å². The SMILES string of the molecule is CC1(C)CCCC1N1CCCCCC1C(=O)O. The highest BCUT2D eigenvalue weighted by Gasteiger charge is 2.42. The van der Waals surface area contributed by atoms with Crippen LogP contribution in [0.3, 0.4) is 0 Å². The molecule has 1 saturated carbocycles. The topological polar surface area (TPSA) is 40.5 Å². The Balaban J connectivity index is 2.17. The number of carboxylic acid groups (broad SMARTS) is 1. The van der Waals surface area contributed by atoms with Gasteiger partial charge >= 0.3 is 5.97 Å². The lowest BCUT2D eigenvalue weighted by Crippen LogP contribution is -2.50. The zero-order valence-electron chi connectivity index (χ0n) is 11.1. The lowest BCUT2D eigenvalue weighted by atomic mass is 9.85. The van der Waals surface area contributed by atoms with Gasteiger partial charge < -0.3 is 5.11 Å². The second-order valence-corrected chi connectivity index (χ2v) is 6.34. The average molecular weight is 239 g/mol. The van der Waals surface area contributed by atoms with Gasteiger partial charge in [-0.1, -0.05) is 33.1 Å². The Morgan fingerprint density at radius 2 is 1.94 bits per heavy atom. The van der Waals surface area contributed by atoms with E-state index in [0.29, 0.717) is 6.04 Å². The van der Waals surface area contributed by atoms with Crippen molar-refractivity contribution in [2.75, 3.05) is 6.54 Å². The molecule has 98 valence electrons. The Kier molecular flexibility index (Phi) is 3.76. The van der Waals surface area contributed by atoms with Crippen molar-refractivity contribution in [1.29, 1.82) is 0 Å². The van der Waals surface area contributed by atoms with Crippen LogP contribution in [0.15, 0.2) is 0 Å². The third kappa shape index (κ3) is 2.65. The number of carboxylic acids is 1. The van der Waals surface area contributed by atoms with Crippen molar-refractivity contribution in [2.45, 2.75) is 70.9 Å². The first kappa shape index (κ1) is 12.9. The molecule has 3 heteroatoms. The smallest absolute Gasteiger partial charge is 0.320 e. The van der Waals surface area contributed by atoms with Crippen LogP contribution in [0.1, 0.15) is 58.8 Å². The monoisotopic (exact) mass is 239 g/mol. The Hall–Kier alpha value is -0.570. The fourth-order valence-electron chi connectivity index (χ4n) is 3.69. The maximum Gasteiger partial charge on any atom is 0.320 e. The molecule has 1 aliphatic heterocycles. The fraction of sp³-hybridized carbons (Fsp3) is 0.929. The van der Waals surface area contributed by atoms with Crippen LogP contribution in [0.2, 0.25) is 0 Å². The van der Waals surface area contributed by atoms with E-state index in [1.807, 2.05) is 0 Å². The maximum absolute atomic E-state index is 11.4. The van der Waals surface area contributed by atoms with Crippen LogP contribution in [0.5, 0.6) is 0 Å². The molecule has 2 rings (SSSR count). The van der Waals surface area contributed by atoms with E-state index in [1.54, 1.807) is 0 Å². The summed E-state index contributed by atoms with van der Waals surface area (Å²) in [7, 11) is 0. The van der Waals surface area contributed by atoms with Crippen molar-refractivity contribution in [3.8, 4) is 0 Å². The highest BCUT2D eigenvalue weighted by atomic mass is 16.4. The van der Waals surface area contributed by atoms with Crippen LogP contribution in [-0.2, 0) is 4.79 Å². The molecule has 0 radical (unpaired) electrons. The maximum atomic E-state index is 11.4. The first-order valence-corrected chi connectivity index (χ1v) is 7.01. The van der Waals surface area contributed by atoms with Gasteiger partial charge in [-0.25, -0.2) is 0 Å². The quantitative estimate of drug-likeness (QED) is 0.805. The molecule has 2 unspecified atom stereocenters. The number of hydrogen-bond acceptors (Lipinski definition) is 2. The third-order valence-electron chi connectivity index (χ3n) is 4.68. The zero-order valence-corrected chi connectivity index (χ0v) is 11.1. The second-order valence-electron chi connectivity index (χ2n) is 6.34. The Bertz CT molecular complexity index is 288. The summed E-state index contributed by atoms with van der Waals surface area (Å²) in [5.74, 6) is -0.616. The van der Waals surface area contributed by atoms with E-state index >= 15 is 0 Å². The number of likely N-dealkylation sites (tertiary alicyclic amines) is 1. The van der Waals surface area contributed by atoms with Gasteiger partial charge in [-0.15, -0.1) is 0 Å². The summed E-state index contributed by atoms with van der Waals surface area (Å²) in [4.78, 5) is 13.8. The molecule has 0 aromatic carbocycles. The number of aliphatic carboxylic acids is 1. The molecule has 3 nitrogen and oxygen atoms in total. The molecular weight excluding hydrogens is 214 g/mol. The summed E-state index contributed by atoms with van der Waals surface area (Å²) < 4.78 is 0. The Labute approximate surface area is 104 Å². The van der Waals surface area contributed by atoms with Gasteiger partial charge in [-0.2, -0.15) is 0 Å². The van der Waals surface area contributed by atoms with Gasteiger partial charge in [0.05, 0.1) is 0 Å². The summed E-state index contributed by atoms with van der Waals surface area (Å²) in [6.45, 7) is 5.58. The number of carbonyl (C=O) groups is 1. The van der Waals surface area contributed by atoms with E-state index in [-0.39, 0.29) is 11.5 Å². The van der Waals surface area contributed by atoms with Crippen LogP contribution in [0.4, 0.5) is 0 Å². The summed E-state index contributed by atoms with van der Waals surface area (Å²) in [6, 6.07) is 0.238. The second kappa shape index (κ2) is 4.97. The van der Waals surface area contributed by atoms with Crippen molar-refractivity contribution >= 4 is 5.97 Å². The molecule has 0 aromatic rings. The van der Waals surface area contributed by atoms with E-state index < -0.39 is 5.97 Å². The zero-order chi connectivity index (χ0) is 12.5. The fourth-order valence-corrected chi connectivity index (χ4v) is 3.69. The van der Waals surface area contributed by atoms with E-state index in [4.69, 9.17) is 0 Å². The minimum Gasteiger partial charge on any atom is -0.480 e. The Morgan fingerprint density at radius 3 is 2.53 bits per heavy atom. The van der Waals surface area contributed by atoms with E-state index in [9.17, 15) is 9.90 Å². The molecule has 2 fully saturated rings. The molecule has 17 heavy (non-hydrogen) atoms. The van der Waals surface area contributed by atoms with E-state index in [0.717, 1.165) is 25.8 Å². The molecule has 2 atom stereocenters. The van der Waals surface area contributed by atoms with Crippen molar-refractivity contribution < 1.29 is 9.90 Å². The summed E-state index contributed by atoms with van der Waals surface area (Å²) >= 11 is 0. The van der Waals surface area contributed by atoms with Gasteiger partial charge in [-0.05, 0) is 37.6 Å². The number of hydrogen-bond donors (Lipinski definition) is 1. The predicted octanol–water partition coefficient (Wildman–Crippen LogP) is 2.89. The van der Waals surface area contributed by atoms with Crippen molar-refractivity contribution in [1.82, 2.24) is 4.90 Å². The normalized spacial score (nSPS) is 34.5. The minimum absolute atomic E-state index is 0.236. The minimum atomic E-state index is -0.616. The van der Waals surface area contributed by atoms with Gasteiger partial charge in [-0.3, -0.25) is 9.69 Å². The van der Waals surface area contributed by atoms with E-state index in [2.05, 4.69) is 18.7 Å². The molecule has 0 aromatic heterocycles. The molecule has 0 bridgehead atoms. The molecule has 0 spiro atoms. The van der Waals surface area contributed by atoms with Gasteiger partial charge in [0, 0.05) is 6.04 Å². The van der Waals surface area contributed by atoms with Crippen LogP contribution >= 0.6 is 0 Å². The van der Waals surface area contributed by atoms with Crippen molar-refractivity contribution in [2.24, 2.45) is 5.41 Å². The molecule has 1 saturated heterocycles. The summed E-state index contributed by atoms with van der Waals surface area (Å²) in [5.41, 5.74) is 0.290. The number of nitrogens with zero attached hydrogens (tertiary/aromatic N) is 1. The molecule has 0 amide bonds. The standard InChI is InChI=1S/C14H25NO2/c1-14(2)9-6-8-12(14)15-10-5-3-4-7-11(15)13(16)17/h11-12H,3-10H2,1-2H3,(H,16,17). The predicted molar refractivity (Wildman–Crippen MR) is 68.0 cm³/mol. The third-order valence-corrected chi connectivity index (χ3v) is 4.68. The van der Waals surface area contributed by atoms with Crippen LogP contribution < -0.4 is 0 Å². The van der Waals surface area contributed by atoms with Gasteiger partial charge in [0.25, 0.3) is 0 Å². The van der Waals surface area contributed by atoms with Crippen LogP contribution in [0, 0.1) is 5.41 Å². The molecule has 1 aliphatic carbocycles. The molecular formula is C14H25NO2. The van der Waals surface area contributed by atoms with Crippen LogP contribution in [-0.4, -0.2) is 34.6 Å². The van der Waals surface area contributed by atoms with Gasteiger partial charge in [0.1, 0.15) is 6.04 Å². The van der Waals surface area contributed by atoms with Gasteiger partial charge in [0.15, 0.2) is 0 Å². The average Bonchev–Trinajstić information content (AvgIpc) is 2.50. The lowest BCUT2D eigenvalue weighted by Gasteiger charge is -2.40. The van der Waals surface area contributed by atoms with Gasteiger partial charge in [0.2, 0.25) is 0 Å². The Morgan fingerprint density at radius 1 is 1.18 bits per heavy atom. The number of rotatable bonds is 2. The lowest BCUT2D eigenvalue weighted by molar-refractivity contribution is -0.145. The highest BCUT2D eigenvalue weighted by molar-refractivity contribution is 5.73. The van der Waals surface area contributed by atoms with E-state index in [1.165, 1.54) is 25.7 Å².